The number of anilines is 1. The smallest absolute Gasteiger partial charge is 0.328 e. The summed E-state index contributed by atoms with van der Waals surface area (Å²) < 4.78 is 0. The maximum atomic E-state index is 10.5. The monoisotopic (exact) mass is 274 g/mol. The highest BCUT2D eigenvalue weighted by Crippen LogP contribution is 2.33. The summed E-state index contributed by atoms with van der Waals surface area (Å²) in [5.74, 6) is 0.697. The summed E-state index contributed by atoms with van der Waals surface area (Å²) in [6, 6.07) is 2.63. The Morgan fingerprint density at radius 3 is 2.75 bits per heavy atom. The lowest BCUT2D eigenvalue weighted by atomic mass is 10.1. The number of pyridine rings is 1. The Balaban J connectivity index is 2.21. The average Bonchev–Trinajstić information content (AvgIpc) is 3.18. The van der Waals surface area contributed by atoms with Crippen LogP contribution in [0.15, 0.2) is 18.3 Å². The SMILES string of the molecule is Cc1cc(/C=C/C(=O)O)cnc1N(CC(C)C)C1CC1. The Morgan fingerprint density at radius 1 is 1.55 bits per heavy atom. The molecule has 1 aromatic rings. The zero-order chi connectivity index (χ0) is 14.7. The Morgan fingerprint density at radius 2 is 2.25 bits per heavy atom. The van der Waals surface area contributed by atoms with E-state index >= 15 is 0 Å². The summed E-state index contributed by atoms with van der Waals surface area (Å²) >= 11 is 0. The predicted molar refractivity (Wildman–Crippen MR) is 80.8 cm³/mol. The van der Waals surface area contributed by atoms with Gasteiger partial charge in [-0.3, -0.25) is 0 Å². The molecule has 1 aliphatic carbocycles. The second-order valence-electron chi connectivity index (χ2n) is 5.86. The highest BCUT2D eigenvalue weighted by molar-refractivity contribution is 5.85. The predicted octanol–water partition coefficient (Wildman–Crippen LogP) is 3.11. The molecule has 0 radical (unpaired) electrons. The maximum absolute atomic E-state index is 10.5. The largest absolute Gasteiger partial charge is 0.478 e. The molecule has 1 fully saturated rings. The van der Waals surface area contributed by atoms with Crippen LogP contribution in [0.2, 0.25) is 0 Å². The van der Waals surface area contributed by atoms with Gasteiger partial charge in [-0.15, -0.1) is 0 Å². The van der Waals surface area contributed by atoms with E-state index in [2.05, 4.69) is 23.7 Å². The van der Waals surface area contributed by atoms with Crippen molar-refractivity contribution < 1.29 is 9.90 Å². The van der Waals surface area contributed by atoms with Crippen LogP contribution in [0.3, 0.4) is 0 Å². The molecule has 1 aromatic heterocycles. The average molecular weight is 274 g/mol. The lowest BCUT2D eigenvalue weighted by molar-refractivity contribution is -0.131. The van der Waals surface area contributed by atoms with Crippen LogP contribution in [0.25, 0.3) is 6.08 Å². The Kier molecular flexibility index (Phi) is 4.42. The minimum absolute atomic E-state index is 0.600. The number of carboxylic acid groups (broad SMARTS) is 1. The first-order chi connectivity index (χ1) is 9.47. The molecule has 0 bridgehead atoms. The van der Waals surface area contributed by atoms with Crippen LogP contribution in [0.1, 0.15) is 37.8 Å². The molecule has 4 heteroatoms. The van der Waals surface area contributed by atoms with Crippen LogP contribution in [-0.2, 0) is 4.79 Å². The Hall–Kier alpha value is -1.84. The highest BCUT2D eigenvalue weighted by atomic mass is 16.4. The van der Waals surface area contributed by atoms with Crippen molar-refractivity contribution in [2.24, 2.45) is 5.92 Å². The van der Waals surface area contributed by atoms with Gasteiger partial charge in [-0.2, -0.15) is 0 Å². The van der Waals surface area contributed by atoms with Crippen LogP contribution in [-0.4, -0.2) is 28.6 Å². The molecule has 108 valence electrons. The minimum Gasteiger partial charge on any atom is -0.478 e. The molecule has 1 N–H and O–H groups in total. The van der Waals surface area contributed by atoms with E-state index in [1.807, 2.05) is 13.0 Å². The third-order valence-electron chi connectivity index (χ3n) is 3.31. The summed E-state index contributed by atoms with van der Waals surface area (Å²) in [4.78, 5) is 17.5. The minimum atomic E-state index is -0.939. The van der Waals surface area contributed by atoms with E-state index in [1.165, 1.54) is 12.8 Å². The van der Waals surface area contributed by atoms with Gasteiger partial charge in [0, 0.05) is 24.9 Å². The van der Waals surface area contributed by atoms with Gasteiger partial charge in [0.2, 0.25) is 0 Å². The van der Waals surface area contributed by atoms with Gasteiger partial charge >= 0.3 is 5.97 Å². The van der Waals surface area contributed by atoms with E-state index in [-0.39, 0.29) is 0 Å². The summed E-state index contributed by atoms with van der Waals surface area (Å²) in [5.41, 5.74) is 1.93. The van der Waals surface area contributed by atoms with Crippen molar-refractivity contribution in [2.75, 3.05) is 11.4 Å². The number of aromatic nitrogens is 1. The lowest BCUT2D eigenvalue weighted by Crippen LogP contribution is -2.31. The fourth-order valence-electron chi connectivity index (χ4n) is 2.34. The van der Waals surface area contributed by atoms with E-state index < -0.39 is 5.97 Å². The molecule has 2 rings (SSSR count). The molecule has 0 atom stereocenters. The van der Waals surface area contributed by atoms with Gasteiger partial charge in [0.05, 0.1) is 0 Å². The molecule has 1 heterocycles. The van der Waals surface area contributed by atoms with Gasteiger partial charge < -0.3 is 10.0 Å². The first-order valence-corrected chi connectivity index (χ1v) is 7.11. The van der Waals surface area contributed by atoms with Crippen LogP contribution in [0.4, 0.5) is 5.82 Å². The van der Waals surface area contributed by atoms with Crippen LogP contribution >= 0.6 is 0 Å². The summed E-state index contributed by atoms with van der Waals surface area (Å²) in [6.45, 7) is 7.49. The zero-order valence-corrected chi connectivity index (χ0v) is 12.3. The van der Waals surface area contributed by atoms with E-state index in [1.54, 1.807) is 12.3 Å². The van der Waals surface area contributed by atoms with Gasteiger partial charge in [0.15, 0.2) is 0 Å². The maximum Gasteiger partial charge on any atom is 0.328 e. The molecule has 1 saturated carbocycles. The number of carboxylic acids is 1. The molecule has 4 nitrogen and oxygen atoms in total. The third kappa shape index (κ3) is 3.83. The van der Waals surface area contributed by atoms with Crippen molar-refractivity contribution in [1.82, 2.24) is 4.98 Å². The lowest BCUT2D eigenvalue weighted by Gasteiger charge is -2.27. The Bertz CT molecular complexity index is 519. The quantitative estimate of drug-likeness (QED) is 0.810. The molecular weight excluding hydrogens is 252 g/mol. The van der Waals surface area contributed by atoms with E-state index in [4.69, 9.17) is 5.11 Å². The van der Waals surface area contributed by atoms with Crippen molar-refractivity contribution in [3.8, 4) is 0 Å². The van der Waals surface area contributed by atoms with Crippen molar-refractivity contribution in [3.05, 3.63) is 29.5 Å². The number of rotatable bonds is 6. The van der Waals surface area contributed by atoms with Gasteiger partial charge in [-0.05, 0) is 49.0 Å². The summed E-state index contributed by atoms with van der Waals surface area (Å²) in [7, 11) is 0. The second kappa shape index (κ2) is 6.07. The van der Waals surface area contributed by atoms with Crippen molar-refractivity contribution in [2.45, 2.75) is 39.7 Å². The third-order valence-corrected chi connectivity index (χ3v) is 3.31. The number of hydrogen-bond acceptors (Lipinski definition) is 3. The molecule has 1 aliphatic rings. The fourth-order valence-corrected chi connectivity index (χ4v) is 2.34. The van der Waals surface area contributed by atoms with Crippen molar-refractivity contribution in [3.63, 3.8) is 0 Å². The molecule has 0 saturated heterocycles. The van der Waals surface area contributed by atoms with Gasteiger partial charge in [0.1, 0.15) is 5.82 Å². The number of aliphatic carboxylic acids is 1. The normalized spacial score (nSPS) is 15.0. The van der Waals surface area contributed by atoms with E-state index in [0.29, 0.717) is 12.0 Å². The van der Waals surface area contributed by atoms with Crippen LogP contribution in [0, 0.1) is 12.8 Å². The van der Waals surface area contributed by atoms with Crippen LogP contribution < -0.4 is 4.90 Å². The number of carbonyl (C=O) groups is 1. The molecule has 0 unspecified atom stereocenters. The molecule has 0 aromatic carbocycles. The van der Waals surface area contributed by atoms with Gasteiger partial charge in [-0.1, -0.05) is 13.8 Å². The zero-order valence-electron chi connectivity index (χ0n) is 12.3. The molecule has 0 spiro atoms. The molecule has 0 amide bonds. The van der Waals surface area contributed by atoms with Crippen LogP contribution in [0.5, 0.6) is 0 Å². The van der Waals surface area contributed by atoms with Crippen molar-refractivity contribution >= 4 is 17.9 Å². The first-order valence-electron chi connectivity index (χ1n) is 7.11. The highest BCUT2D eigenvalue weighted by Gasteiger charge is 2.31. The van der Waals surface area contributed by atoms with Gasteiger partial charge in [-0.25, -0.2) is 9.78 Å². The number of aryl methyl sites for hydroxylation is 1. The second-order valence-corrected chi connectivity index (χ2v) is 5.86. The molecule has 20 heavy (non-hydrogen) atoms. The summed E-state index contributed by atoms with van der Waals surface area (Å²) in [6.07, 6.45) is 6.96. The van der Waals surface area contributed by atoms with Crippen molar-refractivity contribution in [1.29, 1.82) is 0 Å². The number of nitrogens with zero attached hydrogens (tertiary/aromatic N) is 2. The standard InChI is InChI=1S/C16H22N2O2/c1-11(2)10-18(14-5-6-14)16-12(3)8-13(9-17-16)4-7-15(19)20/h4,7-9,11,14H,5-6,10H2,1-3H3,(H,19,20)/b7-4+. The fraction of sp³-hybridized carbons (Fsp3) is 0.500. The topological polar surface area (TPSA) is 53.4 Å². The summed E-state index contributed by atoms with van der Waals surface area (Å²) in [5, 5.41) is 8.65. The molecule has 0 aliphatic heterocycles. The Labute approximate surface area is 120 Å². The van der Waals surface area contributed by atoms with E-state index in [0.717, 1.165) is 29.6 Å². The number of hydrogen-bond donors (Lipinski definition) is 1. The van der Waals surface area contributed by atoms with E-state index in [9.17, 15) is 4.79 Å². The molecular formula is C16H22N2O2. The van der Waals surface area contributed by atoms with Gasteiger partial charge in [0.25, 0.3) is 0 Å². The first kappa shape index (κ1) is 14.6.